The van der Waals surface area contributed by atoms with Gasteiger partial charge < -0.3 is 0 Å². The Hall–Kier alpha value is -1.17. The molecule has 1 heterocycles. The van der Waals surface area contributed by atoms with Gasteiger partial charge in [-0.25, -0.2) is 13.1 Å². The largest absolute Gasteiger partial charge is 0.298 e. The summed E-state index contributed by atoms with van der Waals surface area (Å²) in [5.74, 6) is 0. The van der Waals surface area contributed by atoms with Gasteiger partial charge in [0.15, 0.2) is 0 Å². The van der Waals surface area contributed by atoms with E-state index < -0.39 is 10.0 Å². The Kier molecular flexibility index (Phi) is 4.96. The maximum absolute atomic E-state index is 12.0. The first-order chi connectivity index (χ1) is 10.6. The van der Waals surface area contributed by atoms with Gasteiger partial charge in [0.05, 0.1) is 5.25 Å². The predicted octanol–water partition coefficient (Wildman–Crippen LogP) is 2.25. The third-order valence-electron chi connectivity index (χ3n) is 4.27. The molecule has 2 aliphatic rings. The van der Waals surface area contributed by atoms with Gasteiger partial charge in [-0.1, -0.05) is 42.5 Å². The summed E-state index contributed by atoms with van der Waals surface area (Å²) in [6.07, 6.45) is 7.93. The second-order valence-corrected chi connectivity index (χ2v) is 8.27. The lowest BCUT2D eigenvalue weighted by Gasteiger charge is -2.32. The first-order valence-corrected chi connectivity index (χ1v) is 9.63. The smallest absolute Gasteiger partial charge is 0.214 e. The number of piperidine rings is 1. The number of nitrogens with one attached hydrogen (secondary N) is 1. The molecule has 0 aromatic heterocycles. The van der Waals surface area contributed by atoms with Crippen molar-refractivity contribution in [3.63, 3.8) is 0 Å². The molecule has 1 aliphatic heterocycles. The van der Waals surface area contributed by atoms with Crippen molar-refractivity contribution in [2.24, 2.45) is 0 Å². The second kappa shape index (κ2) is 6.94. The zero-order chi connectivity index (χ0) is 15.4. The van der Waals surface area contributed by atoms with Crippen LogP contribution < -0.4 is 4.72 Å². The fourth-order valence-corrected chi connectivity index (χ4v) is 4.53. The highest BCUT2D eigenvalue weighted by Gasteiger charge is 2.37. The van der Waals surface area contributed by atoms with E-state index in [1.54, 1.807) is 0 Å². The Bertz CT molecular complexity index is 609. The molecule has 2 fully saturated rings. The molecule has 1 saturated carbocycles. The fourth-order valence-electron chi connectivity index (χ4n) is 2.93. The van der Waals surface area contributed by atoms with Gasteiger partial charge in [-0.15, -0.1) is 0 Å². The molecule has 0 amide bonds. The number of nitrogens with zero attached hydrogens (tertiary/aromatic N) is 1. The lowest BCUT2D eigenvalue weighted by molar-refractivity contribution is 0.221. The van der Waals surface area contributed by atoms with Crippen LogP contribution in [0.5, 0.6) is 0 Å². The van der Waals surface area contributed by atoms with E-state index in [0.717, 1.165) is 45.3 Å². The van der Waals surface area contributed by atoms with Gasteiger partial charge >= 0.3 is 0 Å². The maximum atomic E-state index is 12.0. The highest BCUT2D eigenvalue weighted by Crippen LogP contribution is 2.28. The summed E-state index contributed by atoms with van der Waals surface area (Å²) >= 11 is 0. The Balaban J connectivity index is 1.49. The fraction of sp³-hybridized carbons (Fsp3) is 0.529. The summed E-state index contributed by atoms with van der Waals surface area (Å²) in [4.78, 5) is 2.32. The summed E-state index contributed by atoms with van der Waals surface area (Å²) in [6, 6.07) is 10.3. The molecule has 1 atom stereocenters. The molecule has 22 heavy (non-hydrogen) atoms. The highest BCUT2D eigenvalue weighted by atomic mass is 32.2. The zero-order valence-electron chi connectivity index (χ0n) is 12.8. The normalized spacial score (nSPS) is 23.9. The molecule has 120 valence electrons. The van der Waals surface area contributed by atoms with E-state index >= 15 is 0 Å². The lowest BCUT2D eigenvalue weighted by atomic mass is 10.1. The molecule has 4 nitrogen and oxygen atoms in total. The minimum Gasteiger partial charge on any atom is -0.298 e. The van der Waals surface area contributed by atoms with Crippen LogP contribution in [-0.2, 0) is 10.0 Å². The van der Waals surface area contributed by atoms with Crippen LogP contribution in [0.2, 0.25) is 0 Å². The van der Waals surface area contributed by atoms with Gasteiger partial charge in [0, 0.05) is 19.1 Å². The van der Waals surface area contributed by atoms with Crippen LogP contribution >= 0.6 is 0 Å². The van der Waals surface area contributed by atoms with E-state index in [-0.39, 0.29) is 11.3 Å². The first-order valence-electron chi connectivity index (χ1n) is 8.08. The first kappa shape index (κ1) is 15.7. The summed E-state index contributed by atoms with van der Waals surface area (Å²) in [7, 11) is -3.07. The van der Waals surface area contributed by atoms with Gasteiger partial charge in [0.25, 0.3) is 0 Å². The number of sulfonamides is 1. The SMILES string of the molecule is O=S(=O)(NC1CCCN(CC=Cc2ccccc2)C1)C1CC1. The minimum atomic E-state index is -3.07. The van der Waals surface area contributed by atoms with Gasteiger partial charge in [-0.05, 0) is 37.8 Å². The molecule has 0 spiro atoms. The molecule has 3 rings (SSSR count). The van der Waals surface area contributed by atoms with Crippen molar-refractivity contribution in [3.8, 4) is 0 Å². The van der Waals surface area contributed by atoms with Gasteiger partial charge in [-0.3, -0.25) is 4.90 Å². The molecule has 1 saturated heterocycles. The molecular weight excluding hydrogens is 296 g/mol. The van der Waals surface area contributed by atoms with E-state index in [4.69, 9.17) is 0 Å². The monoisotopic (exact) mass is 320 g/mol. The molecule has 1 aromatic rings. The highest BCUT2D eigenvalue weighted by molar-refractivity contribution is 7.90. The molecule has 5 heteroatoms. The average Bonchev–Trinajstić information content (AvgIpc) is 3.33. The summed E-state index contributed by atoms with van der Waals surface area (Å²) < 4.78 is 26.9. The van der Waals surface area contributed by atoms with Crippen LogP contribution in [0.1, 0.15) is 31.2 Å². The van der Waals surface area contributed by atoms with Crippen LogP contribution in [0.4, 0.5) is 0 Å². The van der Waals surface area contributed by atoms with Gasteiger partial charge in [0.2, 0.25) is 10.0 Å². The molecular formula is C17H24N2O2S. The third-order valence-corrected chi connectivity index (χ3v) is 6.28. The van der Waals surface area contributed by atoms with E-state index in [1.807, 2.05) is 18.2 Å². The number of hydrogen-bond acceptors (Lipinski definition) is 3. The van der Waals surface area contributed by atoms with Crippen LogP contribution in [0, 0.1) is 0 Å². The van der Waals surface area contributed by atoms with Crippen LogP contribution in [0.3, 0.4) is 0 Å². The standard InChI is InChI=1S/C17H24N2O2S/c20-22(21,17-10-11-17)18-16-9-5-13-19(14-16)12-4-8-15-6-2-1-3-7-15/h1-4,6-8,16-18H,5,9-14H2. The average molecular weight is 320 g/mol. The number of benzene rings is 1. The van der Waals surface area contributed by atoms with Crippen molar-refractivity contribution < 1.29 is 8.42 Å². The zero-order valence-corrected chi connectivity index (χ0v) is 13.6. The lowest BCUT2D eigenvalue weighted by Crippen LogP contribution is -2.48. The molecule has 0 radical (unpaired) electrons. The van der Waals surface area contributed by atoms with Crippen molar-refractivity contribution in [2.75, 3.05) is 19.6 Å². The van der Waals surface area contributed by atoms with Crippen molar-refractivity contribution >= 4 is 16.1 Å². The van der Waals surface area contributed by atoms with Crippen LogP contribution in [0.25, 0.3) is 6.08 Å². The molecule has 0 bridgehead atoms. The third kappa shape index (κ3) is 4.41. The molecule has 1 unspecified atom stereocenters. The summed E-state index contributed by atoms with van der Waals surface area (Å²) in [5.41, 5.74) is 1.20. The summed E-state index contributed by atoms with van der Waals surface area (Å²) in [6.45, 7) is 2.72. The van der Waals surface area contributed by atoms with Crippen molar-refractivity contribution in [1.82, 2.24) is 9.62 Å². The second-order valence-electron chi connectivity index (χ2n) is 6.27. The van der Waals surface area contributed by atoms with Crippen molar-refractivity contribution in [2.45, 2.75) is 37.0 Å². The number of likely N-dealkylation sites (tertiary alicyclic amines) is 1. The van der Waals surface area contributed by atoms with E-state index in [0.29, 0.717) is 0 Å². The van der Waals surface area contributed by atoms with Crippen LogP contribution in [0.15, 0.2) is 36.4 Å². The predicted molar refractivity (Wildman–Crippen MR) is 90.0 cm³/mol. The quantitative estimate of drug-likeness (QED) is 0.874. The topological polar surface area (TPSA) is 49.4 Å². The number of hydrogen-bond donors (Lipinski definition) is 1. The molecule has 1 aliphatic carbocycles. The Morgan fingerprint density at radius 1 is 1.18 bits per heavy atom. The van der Waals surface area contributed by atoms with Crippen molar-refractivity contribution in [3.05, 3.63) is 42.0 Å². The molecule has 1 N–H and O–H groups in total. The number of rotatable bonds is 6. The summed E-state index contributed by atoms with van der Waals surface area (Å²) in [5, 5.41) is -0.124. The van der Waals surface area contributed by atoms with Crippen LogP contribution in [-0.4, -0.2) is 44.2 Å². The Labute approximate surface area is 133 Å². The van der Waals surface area contributed by atoms with Gasteiger partial charge in [0.1, 0.15) is 0 Å². The van der Waals surface area contributed by atoms with E-state index in [2.05, 4.69) is 33.9 Å². The van der Waals surface area contributed by atoms with E-state index in [1.165, 1.54) is 5.56 Å². The Morgan fingerprint density at radius 3 is 2.68 bits per heavy atom. The Morgan fingerprint density at radius 2 is 1.95 bits per heavy atom. The van der Waals surface area contributed by atoms with E-state index in [9.17, 15) is 8.42 Å². The van der Waals surface area contributed by atoms with Gasteiger partial charge in [-0.2, -0.15) is 0 Å². The van der Waals surface area contributed by atoms with Crippen molar-refractivity contribution in [1.29, 1.82) is 0 Å². The minimum absolute atomic E-state index is 0.0736. The molecule has 1 aromatic carbocycles. The maximum Gasteiger partial charge on any atom is 0.214 e.